The number of hydrogen-bond acceptors (Lipinski definition) is 3. The third-order valence-corrected chi connectivity index (χ3v) is 3.64. The summed E-state index contributed by atoms with van der Waals surface area (Å²) in [6.07, 6.45) is 4.53. The molecule has 21 heavy (non-hydrogen) atoms. The van der Waals surface area contributed by atoms with Gasteiger partial charge in [-0.2, -0.15) is 0 Å². The first-order valence-corrected chi connectivity index (χ1v) is 7.24. The standard InChI is InChI=1S/C18H22N2O/c1-14-4-5-15(2)17(12-14)18(21)13-20(3)11-8-16-6-9-19-10-7-16/h4-7,9-10,12H,8,11,13H2,1-3H3. The van der Waals surface area contributed by atoms with E-state index in [4.69, 9.17) is 0 Å². The lowest BCUT2D eigenvalue weighted by Crippen LogP contribution is -2.28. The fraction of sp³-hybridized carbons (Fsp3) is 0.333. The molecule has 2 rings (SSSR count). The van der Waals surface area contributed by atoms with E-state index in [1.165, 1.54) is 5.56 Å². The van der Waals surface area contributed by atoms with Crippen molar-refractivity contribution in [2.45, 2.75) is 20.3 Å². The van der Waals surface area contributed by atoms with Crippen LogP contribution < -0.4 is 0 Å². The Bertz CT molecular complexity index is 608. The Labute approximate surface area is 126 Å². The van der Waals surface area contributed by atoms with Crippen LogP contribution in [0.5, 0.6) is 0 Å². The average molecular weight is 282 g/mol. The van der Waals surface area contributed by atoms with E-state index < -0.39 is 0 Å². The highest BCUT2D eigenvalue weighted by Gasteiger charge is 2.12. The number of carbonyl (C=O) groups is 1. The normalized spacial score (nSPS) is 10.9. The fourth-order valence-corrected chi connectivity index (χ4v) is 2.32. The van der Waals surface area contributed by atoms with Gasteiger partial charge in [0.2, 0.25) is 0 Å². The summed E-state index contributed by atoms with van der Waals surface area (Å²) in [5.74, 6) is 0.188. The van der Waals surface area contributed by atoms with Crippen LogP contribution in [0.4, 0.5) is 0 Å². The first kappa shape index (κ1) is 15.4. The van der Waals surface area contributed by atoms with Crippen molar-refractivity contribution in [3.63, 3.8) is 0 Å². The van der Waals surface area contributed by atoms with Crippen LogP contribution in [-0.4, -0.2) is 35.8 Å². The van der Waals surface area contributed by atoms with Gasteiger partial charge in [-0.3, -0.25) is 14.7 Å². The molecule has 1 aromatic carbocycles. The Morgan fingerprint density at radius 3 is 2.57 bits per heavy atom. The van der Waals surface area contributed by atoms with Gasteiger partial charge in [0.05, 0.1) is 6.54 Å². The van der Waals surface area contributed by atoms with Crippen molar-refractivity contribution in [1.29, 1.82) is 0 Å². The van der Waals surface area contributed by atoms with Gasteiger partial charge in [-0.15, -0.1) is 0 Å². The lowest BCUT2D eigenvalue weighted by molar-refractivity contribution is 0.0946. The van der Waals surface area contributed by atoms with Crippen molar-refractivity contribution in [3.8, 4) is 0 Å². The van der Waals surface area contributed by atoms with Gasteiger partial charge in [0.1, 0.15) is 0 Å². The molecule has 0 fully saturated rings. The van der Waals surface area contributed by atoms with Crippen molar-refractivity contribution >= 4 is 5.78 Å². The van der Waals surface area contributed by atoms with Gasteiger partial charge in [0.15, 0.2) is 5.78 Å². The lowest BCUT2D eigenvalue weighted by Gasteiger charge is -2.16. The second kappa shape index (κ2) is 7.14. The Hall–Kier alpha value is -2.00. The quantitative estimate of drug-likeness (QED) is 0.763. The number of aryl methyl sites for hydroxylation is 2. The van der Waals surface area contributed by atoms with Gasteiger partial charge in [0, 0.05) is 24.5 Å². The number of Topliss-reactive ketones (excluding diaryl/α,β-unsaturated/α-hetero) is 1. The summed E-state index contributed by atoms with van der Waals surface area (Å²) in [5, 5.41) is 0. The van der Waals surface area contributed by atoms with Crippen molar-refractivity contribution in [2.75, 3.05) is 20.1 Å². The monoisotopic (exact) mass is 282 g/mol. The highest BCUT2D eigenvalue weighted by Crippen LogP contribution is 2.12. The van der Waals surface area contributed by atoms with E-state index >= 15 is 0 Å². The first-order chi connectivity index (χ1) is 10.1. The van der Waals surface area contributed by atoms with E-state index in [1.807, 2.05) is 51.2 Å². The highest BCUT2D eigenvalue weighted by molar-refractivity contribution is 5.99. The summed E-state index contributed by atoms with van der Waals surface area (Å²) in [4.78, 5) is 18.5. The van der Waals surface area contributed by atoms with E-state index in [0.29, 0.717) is 6.54 Å². The van der Waals surface area contributed by atoms with Crippen LogP contribution in [0.25, 0.3) is 0 Å². The van der Waals surface area contributed by atoms with E-state index in [1.54, 1.807) is 12.4 Å². The molecular formula is C18H22N2O. The number of aromatic nitrogens is 1. The molecule has 2 aromatic rings. The van der Waals surface area contributed by atoms with Crippen LogP contribution in [0.1, 0.15) is 27.0 Å². The molecule has 1 aromatic heterocycles. The summed E-state index contributed by atoms with van der Waals surface area (Å²) >= 11 is 0. The zero-order valence-corrected chi connectivity index (χ0v) is 13.0. The van der Waals surface area contributed by atoms with Crippen LogP contribution >= 0.6 is 0 Å². The Balaban J connectivity index is 1.91. The maximum absolute atomic E-state index is 12.4. The largest absolute Gasteiger partial charge is 0.299 e. The molecule has 110 valence electrons. The number of hydrogen-bond donors (Lipinski definition) is 0. The molecule has 0 saturated heterocycles. The predicted octanol–water partition coefficient (Wildman–Crippen LogP) is 3.06. The number of rotatable bonds is 6. The minimum atomic E-state index is 0.188. The molecule has 0 bridgehead atoms. The number of benzene rings is 1. The number of nitrogens with zero attached hydrogens (tertiary/aromatic N) is 2. The summed E-state index contributed by atoms with van der Waals surface area (Å²) < 4.78 is 0. The molecular weight excluding hydrogens is 260 g/mol. The molecule has 0 radical (unpaired) electrons. The maximum Gasteiger partial charge on any atom is 0.177 e. The van der Waals surface area contributed by atoms with Gasteiger partial charge in [-0.1, -0.05) is 17.7 Å². The Morgan fingerprint density at radius 2 is 1.86 bits per heavy atom. The Morgan fingerprint density at radius 1 is 1.14 bits per heavy atom. The lowest BCUT2D eigenvalue weighted by atomic mass is 10.0. The SMILES string of the molecule is Cc1ccc(C)c(C(=O)CN(C)CCc2ccncc2)c1. The molecule has 0 unspecified atom stereocenters. The minimum Gasteiger partial charge on any atom is -0.299 e. The molecule has 0 aliphatic heterocycles. The molecule has 0 aliphatic rings. The van der Waals surface area contributed by atoms with Gasteiger partial charge in [-0.25, -0.2) is 0 Å². The molecule has 3 nitrogen and oxygen atoms in total. The maximum atomic E-state index is 12.4. The minimum absolute atomic E-state index is 0.188. The van der Waals surface area contributed by atoms with Crippen LogP contribution in [-0.2, 0) is 6.42 Å². The van der Waals surface area contributed by atoms with Gasteiger partial charge in [0.25, 0.3) is 0 Å². The zero-order valence-electron chi connectivity index (χ0n) is 13.0. The fourth-order valence-electron chi connectivity index (χ4n) is 2.32. The molecule has 0 atom stereocenters. The average Bonchev–Trinajstić information content (AvgIpc) is 2.48. The number of likely N-dealkylation sites (N-methyl/N-ethyl adjacent to an activating group) is 1. The van der Waals surface area contributed by atoms with Crippen molar-refractivity contribution < 1.29 is 4.79 Å². The molecule has 0 N–H and O–H groups in total. The van der Waals surface area contributed by atoms with E-state index in [9.17, 15) is 4.79 Å². The van der Waals surface area contributed by atoms with Gasteiger partial charge in [-0.05, 0) is 56.6 Å². The highest BCUT2D eigenvalue weighted by atomic mass is 16.1. The van der Waals surface area contributed by atoms with E-state index in [2.05, 4.69) is 9.88 Å². The van der Waals surface area contributed by atoms with Gasteiger partial charge < -0.3 is 0 Å². The van der Waals surface area contributed by atoms with Crippen LogP contribution in [0.3, 0.4) is 0 Å². The summed E-state index contributed by atoms with van der Waals surface area (Å²) in [5.41, 5.74) is 4.26. The third-order valence-electron chi connectivity index (χ3n) is 3.64. The molecule has 0 saturated carbocycles. The summed E-state index contributed by atoms with van der Waals surface area (Å²) in [6, 6.07) is 10.1. The second-order valence-electron chi connectivity index (χ2n) is 5.58. The summed E-state index contributed by atoms with van der Waals surface area (Å²) in [6.45, 7) is 5.32. The van der Waals surface area contributed by atoms with Crippen LogP contribution in [0.2, 0.25) is 0 Å². The first-order valence-electron chi connectivity index (χ1n) is 7.24. The topological polar surface area (TPSA) is 33.2 Å². The molecule has 0 aliphatic carbocycles. The Kier molecular flexibility index (Phi) is 5.23. The molecule has 1 heterocycles. The van der Waals surface area contributed by atoms with Crippen molar-refractivity contribution in [1.82, 2.24) is 9.88 Å². The van der Waals surface area contributed by atoms with Crippen molar-refractivity contribution in [2.24, 2.45) is 0 Å². The second-order valence-corrected chi connectivity index (χ2v) is 5.58. The molecule has 0 spiro atoms. The predicted molar refractivity (Wildman–Crippen MR) is 85.7 cm³/mol. The molecule has 0 amide bonds. The zero-order chi connectivity index (χ0) is 15.2. The van der Waals surface area contributed by atoms with Gasteiger partial charge >= 0.3 is 0 Å². The van der Waals surface area contributed by atoms with Crippen LogP contribution in [0.15, 0.2) is 42.7 Å². The van der Waals surface area contributed by atoms with E-state index in [-0.39, 0.29) is 5.78 Å². The van der Waals surface area contributed by atoms with E-state index in [0.717, 1.165) is 29.7 Å². The third kappa shape index (κ3) is 4.50. The number of carbonyl (C=O) groups excluding carboxylic acids is 1. The smallest absolute Gasteiger partial charge is 0.177 e. The number of ketones is 1. The number of pyridine rings is 1. The molecule has 3 heteroatoms. The van der Waals surface area contributed by atoms with Crippen LogP contribution in [0, 0.1) is 13.8 Å². The summed E-state index contributed by atoms with van der Waals surface area (Å²) in [7, 11) is 1.99. The van der Waals surface area contributed by atoms with Crippen molar-refractivity contribution in [3.05, 3.63) is 65.0 Å².